The lowest BCUT2D eigenvalue weighted by molar-refractivity contribution is 0.263. The number of rotatable bonds is 4. The lowest BCUT2D eigenvalue weighted by atomic mass is 9.76. The summed E-state index contributed by atoms with van der Waals surface area (Å²) in [7, 11) is -3.90. The van der Waals surface area contributed by atoms with Gasteiger partial charge in [0.25, 0.3) is 0 Å². The van der Waals surface area contributed by atoms with Crippen molar-refractivity contribution in [3.05, 3.63) is 24.0 Å². The van der Waals surface area contributed by atoms with Crippen molar-refractivity contribution in [1.82, 2.24) is 0 Å². The van der Waals surface area contributed by atoms with E-state index in [2.05, 4.69) is 12.2 Å². The van der Waals surface area contributed by atoms with Gasteiger partial charge < -0.3 is 11.1 Å². The van der Waals surface area contributed by atoms with Crippen molar-refractivity contribution in [3.8, 4) is 0 Å². The molecule has 1 fully saturated rings. The van der Waals surface area contributed by atoms with Gasteiger partial charge in [-0.1, -0.05) is 19.8 Å². The van der Waals surface area contributed by atoms with E-state index in [9.17, 15) is 12.8 Å². The molecule has 1 aliphatic carbocycles. The summed E-state index contributed by atoms with van der Waals surface area (Å²) in [4.78, 5) is -0.232. The molecule has 0 saturated heterocycles. The van der Waals surface area contributed by atoms with E-state index in [1.807, 2.05) is 0 Å². The molecule has 7 heteroatoms. The number of nitrogens with one attached hydrogen (secondary N) is 1. The van der Waals surface area contributed by atoms with Gasteiger partial charge >= 0.3 is 0 Å². The van der Waals surface area contributed by atoms with Gasteiger partial charge in [-0.2, -0.15) is 0 Å². The van der Waals surface area contributed by atoms with E-state index in [0.717, 1.165) is 31.7 Å². The summed E-state index contributed by atoms with van der Waals surface area (Å²) in [6.07, 6.45) is 3.95. The van der Waals surface area contributed by atoms with Crippen LogP contribution in [0.2, 0.25) is 0 Å². The predicted octanol–water partition coefficient (Wildman–Crippen LogP) is 1.79. The number of hydrogen-bond acceptors (Lipinski definition) is 4. The van der Waals surface area contributed by atoms with Crippen molar-refractivity contribution >= 4 is 15.7 Å². The Bertz CT molecular complexity index is 621. The van der Waals surface area contributed by atoms with Gasteiger partial charge in [-0.3, -0.25) is 0 Å². The Hall–Kier alpha value is -1.18. The highest BCUT2D eigenvalue weighted by Gasteiger charge is 2.34. The third-order valence-corrected chi connectivity index (χ3v) is 5.06. The Morgan fingerprint density at radius 2 is 2.19 bits per heavy atom. The fraction of sp³-hybridized carbons (Fsp3) is 0.571. The lowest BCUT2D eigenvalue weighted by Crippen LogP contribution is -2.48. The minimum absolute atomic E-state index is 0.232. The fourth-order valence-electron chi connectivity index (χ4n) is 3.07. The normalized spacial score (nSPS) is 26.6. The zero-order valence-corrected chi connectivity index (χ0v) is 12.9. The van der Waals surface area contributed by atoms with E-state index in [0.29, 0.717) is 12.5 Å². The number of nitrogens with two attached hydrogens (primary N) is 2. The van der Waals surface area contributed by atoms with Crippen molar-refractivity contribution in [3.63, 3.8) is 0 Å². The van der Waals surface area contributed by atoms with E-state index in [1.54, 1.807) is 0 Å². The summed E-state index contributed by atoms with van der Waals surface area (Å²) in [6, 6.07) is 3.65. The molecule has 0 amide bonds. The number of anilines is 1. The highest BCUT2D eigenvalue weighted by atomic mass is 32.2. The summed E-state index contributed by atoms with van der Waals surface area (Å²) in [5.74, 6) is -0.103. The number of benzene rings is 1. The largest absolute Gasteiger partial charge is 0.376 e. The molecule has 5 N–H and O–H groups in total. The molecular weight excluding hydrogens is 293 g/mol. The smallest absolute Gasteiger partial charge is 0.238 e. The quantitative estimate of drug-likeness (QED) is 0.789. The number of sulfonamides is 1. The number of halogens is 1. The van der Waals surface area contributed by atoms with E-state index in [1.165, 1.54) is 12.1 Å². The fourth-order valence-corrected chi connectivity index (χ4v) is 3.60. The van der Waals surface area contributed by atoms with Crippen LogP contribution in [0.5, 0.6) is 0 Å². The average Bonchev–Trinajstić information content (AvgIpc) is 2.40. The molecule has 0 aromatic heterocycles. The van der Waals surface area contributed by atoms with Crippen LogP contribution in [-0.2, 0) is 10.0 Å². The molecule has 1 aromatic rings. The predicted molar refractivity (Wildman–Crippen MR) is 80.8 cm³/mol. The number of primary sulfonamides is 1. The molecule has 118 valence electrons. The van der Waals surface area contributed by atoms with Crippen molar-refractivity contribution < 1.29 is 12.8 Å². The van der Waals surface area contributed by atoms with Crippen LogP contribution in [0.1, 0.15) is 32.6 Å². The standard InChI is InChI=1S/C14H22FN3O2S/c1-10-3-2-6-14(8-10,9-16)18-13-5-4-11(7-12(13)15)21(17,19)20/h4-5,7,10,18H,2-3,6,8-9,16H2,1H3,(H2,17,19,20). The Labute approximate surface area is 125 Å². The van der Waals surface area contributed by atoms with Gasteiger partial charge in [0.1, 0.15) is 5.82 Å². The molecule has 1 aromatic carbocycles. The molecule has 5 nitrogen and oxygen atoms in total. The van der Waals surface area contributed by atoms with Crippen LogP contribution in [-0.4, -0.2) is 20.5 Å². The monoisotopic (exact) mass is 315 g/mol. The Balaban J connectivity index is 2.26. The summed E-state index contributed by atoms with van der Waals surface area (Å²) in [5, 5.41) is 8.18. The van der Waals surface area contributed by atoms with E-state index in [-0.39, 0.29) is 16.1 Å². The van der Waals surface area contributed by atoms with Crippen LogP contribution < -0.4 is 16.2 Å². The molecule has 2 rings (SSSR count). The first-order valence-electron chi connectivity index (χ1n) is 7.06. The maximum Gasteiger partial charge on any atom is 0.238 e. The molecule has 0 bridgehead atoms. The third kappa shape index (κ3) is 3.72. The Kier molecular flexibility index (Phi) is 4.55. The van der Waals surface area contributed by atoms with Gasteiger partial charge in [-0.25, -0.2) is 17.9 Å². The van der Waals surface area contributed by atoms with Gasteiger partial charge in [0.15, 0.2) is 0 Å². The van der Waals surface area contributed by atoms with Gasteiger partial charge in [-0.15, -0.1) is 0 Å². The molecule has 21 heavy (non-hydrogen) atoms. The van der Waals surface area contributed by atoms with Crippen LogP contribution in [0, 0.1) is 11.7 Å². The molecule has 0 radical (unpaired) electrons. The molecular formula is C14H22FN3O2S. The second kappa shape index (κ2) is 5.90. The molecule has 1 saturated carbocycles. The second-order valence-corrected chi connectivity index (χ2v) is 7.56. The van der Waals surface area contributed by atoms with Crippen molar-refractivity contribution in [2.45, 2.75) is 43.0 Å². The third-order valence-electron chi connectivity index (χ3n) is 4.15. The molecule has 1 aliphatic rings. The number of hydrogen-bond donors (Lipinski definition) is 3. The van der Waals surface area contributed by atoms with Gasteiger partial charge in [-0.05, 0) is 37.0 Å². The van der Waals surface area contributed by atoms with Crippen molar-refractivity contribution in [2.75, 3.05) is 11.9 Å². The highest BCUT2D eigenvalue weighted by molar-refractivity contribution is 7.89. The first kappa shape index (κ1) is 16.2. The van der Waals surface area contributed by atoms with E-state index in [4.69, 9.17) is 10.9 Å². The van der Waals surface area contributed by atoms with Crippen LogP contribution in [0.15, 0.2) is 23.1 Å². The molecule has 0 heterocycles. The Morgan fingerprint density at radius 1 is 1.48 bits per heavy atom. The summed E-state index contributed by atoms with van der Waals surface area (Å²) in [5.41, 5.74) is 5.83. The maximum absolute atomic E-state index is 14.1. The lowest BCUT2D eigenvalue weighted by Gasteiger charge is -2.40. The maximum atomic E-state index is 14.1. The van der Waals surface area contributed by atoms with Crippen LogP contribution in [0.4, 0.5) is 10.1 Å². The summed E-state index contributed by atoms with van der Waals surface area (Å²) >= 11 is 0. The molecule has 0 aliphatic heterocycles. The van der Waals surface area contributed by atoms with Crippen LogP contribution in [0.3, 0.4) is 0 Å². The zero-order valence-electron chi connectivity index (χ0n) is 12.1. The zero-order chi connectivity index (χ0) is 15.7. The van der Waals surface area contributed by atoms with E-state index >= 15 is 0 Å². The van der Waals surface area contributed by atoms with Crippen LogP contribution in [0.25, 0.3) is 0 Å². The SMILES string of the molecule is CC1CCCC(CN)(Nc2ccc(S(N)(=O)=O)cc2F)C1. The minimum Gasteiger partial charge on any atom is -0.376 e. The molecule has 0 spiro atoms. The van der Waals surface area contributed by atoms with Gasteiger partial charge in [0.05, 0.1) is 10.6 Å². The summed E-state index contributed by atoms with van der Waals surface area (Å²) in [6.45, 7) is 2.57. The minimum atomic E-state index is -3.90. The Morgan fingerprint density at radius 3 is 2.71 bits per heavy atom. The van der Waals surface area contributed by atoms with E-state index < -0.39 is 15.8 Å². The molecule has 2 atom stereocenters. The van der Waals surface area contributed by atoms with Gasteiger partial charge in [0.2, 0.25) is 10.0 Å². The highest BCUT2D eigenvalue weighted by Crippen LogP contribution is 2.35. The second-order valence-electron chi connectivity index (χ2n) is 6.00. The first-order valence-corrected chi connectivity index (χ1v) is 8.61. The first-order chi connectivity index (χ1) is 9.76. The molecule has 2 unspecified atom stereocenters. The topological polar surface area (TPSA) is 98.2 Å². The van der Waals surface area contributed by atoms with Gasteiger partial charge in [0, 0.05) is 12.1 Å². The summed E-state index contributed by atoms with van der Waals surface area (Å²) < 4.78 is 36.6. The van der Waals surface area contributed by atoms with Crippen LogP contribution >= 0.6 is 0 Å². The van der Waals surface area contributed by atoms with Crippen molar-refractivity contribution in [1.29, 1.82) is 0 Å². The average molecular weight is 315 g/mol. The van der Waals surface area contributed by atoms with Crippen molar-refractivity contribution in [2.24, 2.45) is 16.8 Å².